The molecule has 0 atom stereocenters. The molecule has 0 spiro atoms. The number of carbonyl (C=O) groups excluding carboxylic acids is 2. The molecule has 0 unspecified atom stereocenters. The quantitative estimate of drug-likeness (QED) is 0.707. The Balaban J connectivity index is 1.45. The first-order valence-corrected chi connectivity index (χ1v) is 8.60. The number of hydrogen-bond donors (Lipinski definition) is 2. The molecule has 1 aliphatic heterocycles. The van der Waals surface area contributed by atoms with Crippen molar-refractivity contribution in [1.82, 2.24) is 10.5 Å². The van der Waals surface area contributed by atoms with Crippen LogP contribution in [-0.4, -0.2) is 23.8 Å². The minimum absolute atomic E-state index is 0.0769. The maximum atomic E-state index is 12.6. The number of aryl methyl sites for hydroxylation is 1. The van der Waals surface area contributed by atoms with Crippen molar-refractivity contribution in [3.05, 3.63) is 71.1 Å². The monoisotopic (exact) mass is 379 g/mol. The molecule has 142 valence electrons. The van der Waals surface area contributed by atoms with Crippen LogP contribution in [0.1, 0.15) is 32.2 Å². The minimum atomic E-state index is -0.475. The zero-order valence-corrected chi connectivity index (χ0v) is 15.0. The van der Waals surface area contributed by atoms with Crippen molar-refractivity contribution in [1.29, 1.82) is 0 Å². The van der Waals surface area contributed by atoms with Crippen LogP contribution in [0.3, 0.4) is 0 Å². The predicted molar refractivity (Wildman–Crippen MR) is 99.4 cm³/mol. The molecule has 4 rings (SSSR count). The summed E-state index contributed by atoms with van der Waals surface area (Å²) in [6.07, 6.45) is 0. The largest absolute Gasteiger partial charge is 0.454 e. The van der Waals surface area contributed by atoms with Gasteiger partial charge in [-0.2, -0.15) is 0 Å². The van der Waals surface area contributed by atoms with E-state index in [9.17, 15) is 9.59 Å². The highest BCUT2D eigenvalue weighted by molar-refractivity contribution is 6.07. The van der Waals surface area contributed by atoms with Crippen molar-refractivity contribution in [3.8, 4) is 11.5 Å². The third kappa shape index (κ3) is 3.66. The summed E-state index contributed by atoms with van der Waals surface area (Å²) in [7, 11) is 0. The van der Waals surface area contributed by atoms with Crippen LogP contribution in [0, 0.1) is 6.92 Å². The zero-order chi connectivity index (χ0) is 19.5. The molecule has 2 amide bonds. The highest BCUT2D eigenvalue weighted by Gasteiger charge is 2.17. The first-order valence-electron chi connectivity index (χ1n) is 8.60. The Kier molecular flexibility index (Phi) is 4.67. The van der Waals surface area contributed by atoms with E-state index in [0.717, 1.165) is 5.56 Å². The molecule has 0 bridgehead atoms. The number of para-hydroxylation sites is 1. The second-order valence-corrected chi connectivity index (χ2v) is 6.20. The van der Waals surface area contributed by atoms with E-state index in [1.54, 1.807) is 37.3 Å². The molecule has 0 aliphatic carbocycles. The van der Waals surface area contributed by atoms with Gasteiger partial charge in [0.25, 0.3) is 11.8 Å². The Morgan fingerprint density at radius 1 is 1.04 bits per heavy atom. The molecule has 1 aliphatic rings. The molecule has 28 heavy (non-hydrogen) atoms. The van der Waals surface area contributed by atoms with Crippen molar-refractivity contribution in [3.63, 3.8) is 0 Å². The average molecular weight is 379 g/mol. The Bertz CT molecular complexity index is 1040. The normalized spacial score (nSPS) is 11.9. The lowest BCUT2D eigenvalue weighted by atomic mass is 10.1. The van der Waals surface area contributed by atoms with Gasteiger partial charge in [0.15, 0.2) is 11.5 Å². The molecule has 0 radical (unpaired) electrons. The van der Waals surface area contributed by atoms with Crippen LogP contribution in [0.15, 0.2) is 53.1 Å². The molecule has 8 heteroatoms. The van der Waals surface area contributed by atoms with Gasteiger partial charge >= 0.3 is 0 Å². The number of benzene rings is 2. The number of rotatable bonds is 5. The van der Waals surface area contributed by atoms with Gasteiger partial charge in [-0.15, -0.1) is 0 Å². The number of fused-ring (bicyclic) bond motifs is 1. The Labute approximate surface area is 160 Å². The topological polar surface area (TPSA) is 103 Å². The average Bonchev–Trinajstić information content (AvgIpc) is 3.35. The number of hydrogen-bond acceptors (Lipinski definition) is 6. The smallest absolute Gasteiger partial charge is 0.294 e. The number of anilines is 1. The van der Waals surface area contributed by atoms with Crippen molar-refractivity contribution in [2.75, 3.05) is 12.1 Å². The van der Waals surface area contributed by atoms with E-state index in [2.05, 4.69) is 15.8 Å². The summed E-state index contributed by atoms with van der Waals surface area (Å²) in [6.45, 7) is 2.22. The van der Waals surface area contributed by atoms with Gasteiger partial charge in [0.1, 0.15) is 0 Å². The molecule has 0 fully saturated rings. The van der Waals surface area contributed by atoms with Gasteiger partial charge in [-0.25, -0.2) is 0 Å². The van der Waals surface area contributed by atoms with Crippen LogP contribution in [-0.2, 0) is 6.54 Å². The van der Waals surface area contributed by atoms with Gasteiger partial charge in [-0.05, 0) is 36.8 Å². The van der Waals surface area contributed by atoms with E-state index in [1.807, 2.05) is 12.1 Å². The van der Waals surface area contributed by atoms with Crippen molar-refractivity contribution in [2.24, 2.45) is 0 Å². The standard InChI is InChI=1S/C20H17N3O5/c1-12-8-18(28-23-12)20(25)22-15-5-3-2-4-14(15)19(24)21-10-13-6-7-16-17(9-13)27-11-26-16/h2-9H,10-11H2,1H3,(H,21,24)(H,22,25). The van der Waals surface area contributed by atoms with Crippen LogP contribution in [0.25, 0.3) is 0 Å². The molecule has 0 saturated carbocycles. The lowest BCUT2D eigenvalue weighted by Crippen LogP contribution is -2.24. The summed E-state index contributed by atoms with van der Waals surface area (Å²) >= 11 is 0. The maximum absolute atomic E-state index is 12.6. The maximum Gasteiger partial charge on any atom is 0.294 e. The molecular weight excluding hydrogens is 362 g/mol. The zero-order valence-electron chi connectivity index (χ0n) is 15.0. The van der Waals surface area contributed by atoms with Gasteiger partial charge in [0.2, 0.25) is 12.6 Å². The highest BCUT2D eigenvalue weighted by atomic mass is 16.7. The van der Waals surface area contributed by atoms with E-state index >= 15 is 0 Å². The van der Waals surface area contributed by atoms with Gasteiger partial charge in [0, 0.05) is 12.6 Å². The third-order valence-corrected chi connectivity index (χ3v) is 4.16. The van der Waals surface area contributed by atoms with E-state index in [-0.39, 0.29) is 18.5 Å². The van der Waals surface area contributed by atoms with Crippen LogP contribution in [0.4, 0.5) is 5.69 Å². The Morgan fingerprint density at radius 3 is 2.68 bits per heavy atom. The summed E-state index contributed by atoms with van der Waals surface area (Å²) in [4.78, 5) is 24.9. The first kappa shape index (κ1) is 17.6. The Hall–Kier alpha value is -3.81. The van der Waals surface area contributed by atoms with Crippen LogP contribution in [0.2, 0.25) is 0 Å². The molecule has 1 aromatic heterocycles. The molecule has 0 saturated heterocycles. The van der Waals surface area contributed by atoms with Crippen LogP contribution >= 0.6 is 0 Å². The van der Waals surface area contributed by atoms with Gasteiger partial charge in [0.05, 0.1) is 16.9 Å². The van der Waals surface area contributed by atoms with Crippen LogP contribution < -0.4 is 20.1 Å². The first-order chi connectivity index (χ1) is 13.6. The molecule has 2 N–H and O–H groups in total. The second kappa shape index (κ2) is 7.43. The minimum Gasteiger partial charge on any atom is -0.454 e. The lowest BCUT2D eigenvalue weighted by Gasteiger charge is -2.11. The number of carbonyl (C=O) groups is 2. The van der Waals surface area contributed by atoms with E-state index < -0.39 is 5.91 Å². The summed E-state index contributed by atoms with van der Waals surface area (Å²) in [6, 6.07) is 13.7. The molecule has 2 aromatic carbocycles. The fourth-order valence-electron chi connectivity index (χ4n) is 2.77. The highest BCUT2D eigenvalue weighted by Crippen LogP contribution is 2.32. The summed E-state index contributed by atoms with van der Waals surface area (Å²) in [5, 5.41) is 9.22. The number of aromatic nitrogens is 1. The van der Waals surface area contributed by atoms with E-state index in [4.69, 9.17) is 14.0 Å². The van der Waals surface area contributed by atoms with Gasteiger partial charge < -0.3 is 24.6 Å². The fourth-order valence-corrected chi connectivity index (χ4v) is 2.77. The van der Waals surface area contributed by atoms with Gasteiger partial charge in [-0.1, -0.05) is 23.4 Å². The van der Waals surface area contributed by atoms with Crippen molar-refractivity contribution >= 4 is 17.5 Å². The molecule has 8 nitrogen and oxygen atoms in total. The van der Waals surface area contributed by atoms with Gasteiger partial charge in [-0.3, -0.25) is 9.59 Å². The summed E-state index contributed by atoms with van der Waals surface area (Å²) in [5.74, 6) is 0.625. The second-order valence-electron chi connectivity index (χ2n) is 6.20. The number of nitrogens with one attached hydrogen (secondary N) is 2. The SMILES string of the molecule is Cc1cc(C(=O)Nc2ccccc2C(=O)NCc2ccc3c(c2)OCO3)on1. The summed E-state index contributed by atoms with van der Waals surface area (Å²) in [5.41, 5.74) is 2.19. The van der Waals surface area contributed by atoms with E-state index in [1.165, 1.54) is 6.07 Å². The van der Waals surface area contributed by atoms with Crippen molar-refractivity contribution in [2.45, 2.75) is 13.5 Å². The van der Waals surface area contributed by atoms with E-state index in [0.29, 0.717) is 35.0 Å². The number of amides is 2. The molecule has 3 aromatic rings. The summed E-state index contributed by atoms with van der Waals surface area (Å²) < 4.78 is 15.6. The molecular formula is C20H17N3O5. The fraction of sp³-hybridized carbons (Fsp3) is 0.150. The molecule has 2 heterocycles. The Morgan fingerprint density at radius 2 is 1.86 bits per heavy atom. The lowest BCUT2D eigenvalue weighted by molar-refractivity contribution is 0.0951. The third-order valence-electron chi connectivity index (χ3n) is 4.16. The predicted octanol–water partition coefficient (Wildman–Crippen LogP) is 2.89. The van der Waals surface area contributed by atoms with Crippen molar-refractivity contribution < 1.29 is 23.6 Å². The van der Waals surface area contributed by atoms with Crippen LogP contribution in [0.5, 0.6) is 11.5 Å². The number of ether oxygens (including phenoxy) is 2. The number of nitrogens with zero attached hydrogens (tertiary/aromatic N) is 1.